The fraction of sp³-hybridized carbons (Fsp3) is 0.870. The fourth-order valence-electron chi connectivity index (χ4n) is 3.82. The zero-order valence-electron chi connectivity index (χ0n) is 20.8. The van der Waals surface area contributed by atoms with E-state index in [9.17, 15) is 14.4 Å². The van der Waals surface area contributed by atoms with Gasteiger partial charge in [-0.1, -0.05) is 13.8 Å². The van der Waals surface area contributed by atoms with Gasteiger partial charge in [-0.15, -0.1) is 0 Å². The molecule has 0 saturated carbocycles. The molecule has 0 aliphatic carbocycles. The Bertz CT molecular complexity index is 628. The first-order valence-corrected chi connectivity index (χ1v) is 12.3. The SMILES string of the molecule is CNCCOCCOCCOCC(=O)N1CC(OC(=O)C2CCCN2)CC1C(=O)NCC(C)C. The summed E-state index contributed by atoms with van der Waals surface area (Å²) in [5.41, 5.74) is 0. The van der Waals surface area contributed by atoms with Gasteiger partial charge in [-0.25, -0.2) is 0 Å². The van der Waals surface area contributed by atoms with Gasteiger partial charge in [0.1, 0.15) is 24.8 Å². The topological polar surface area (TPSA) is 127 Å². The van der Waals surface area contributed by atoms with Crippen molar-refractivity contribution in [2.24, 2.45) is 5.92 Å². The highest BCUT2D eigenvalue weighted by molar-refractivity contribution is 5.89. The minimum Gasteiger partial charge on any atom is -0.459 e. The van der Waals surface area contributed by atoms with E-state index in [1.54, 1.807) is 0 Å². The summed E-state index contributed by atoms with van der Waals surface area (Å²) in [5.74, 6) is -0.575. The second-order valence-corrected chi connectivity index (χ2v) is 9.03. The first kappa shape index (κ1) is 28.4. The average Bonchev–Trinajstić information content (AvgIpc) is 3.49. The van der Waals surface area contributed by atoms with E-state index in [4.69, 9.17) is 18.9 Å². The molecule has 2 aliphatic heterocycles. The number of likely N-dealkylation sites (N-methyl/N-ethyl adjacent to an activating group) is 1. The number of ether oxygens (including phenoxy) is 4. The Labute approximate surface area is 202 Å². The second kappa shape index (κ2) is 16.0. The van der Waals surface area contributed by atoms with E-state index >= 15 is 0 Å². The number of amides is 2. The van der Waals surface area contributed by atoms with Crippen LogP contribution in [-0.2, 0) is 33.3 Å². The van der Waals surface area contributed by atoms with Crippen LogP contribution in [0.25, 0.3) is 0 Å². The van der Waals surface area contributed by atoms with Gasteiger partial charge in [-0.05, 0) is 32.4 Å². The summed E-state index contributed by atoms with van der Waals surface area (Å²) in [6.45, 7) is 8.29. The molecule has 0 aromatic carbocycles. The maximum Gasteiger partial charge on any atom is 0.323 e. The molecule has 2 rings (SSSR count). The van der Waals surface area contributed by atoms with Crippen molar-refractivity contribution in [2.45, 2.75) is 51.3 Å². The van der Waals surface area contributed by atoms with E-state index < -0.39 is 12.1 Å². The van der Waals surface area contributed by atoms with Gasteiger partial charge in [0.05, 0.1) is 39.6 Å². The number of rotatable bonds is 16. The Morgan fingerprint density at radius 1 is 1.06 bits per heavy atom. The monoisotopic (exact) mass is 486 g/mol. The van der Waals surface area contributed by atoms with E-state index in [0.717, 1.165) is 25.9 Å². The van der Waals surface area contributed by atoms with E-state index in [-0.39, 0.29) is 55.9 Å². The number of nitrogens with one attached hydrogen (secondary N) is 3. The number of carbonyl (C=O) groups is 3. The number of nitrogens with zero attached hydrogens (tertiary/aromatic N) is 1. The minimum absolute atomic E-state index is 0.166. The first-order chi connectivity index (χ1) is 16.4. The summed E-state index contributed by atoms with van der Waals surface area (Å²) in [6, 6.07) is -0.995. The van der Waals surface area contributed by atoms with Crippen molar-refractivity contribution in [1.29, 1.82) is 0 Å². The van der Waals surface area contributed by atoms with Crippen LogP contribution < -0.4 is 16.0 Å². The maximum atomic E-state index is 12.8. The first-order valence-electron chi connectivity index (χ1n) is 12.3. The molecule has 3 atom stereocenters. The Hall–Kier alpha value is -1.79. The van der Waals surface area contributed by atoms with Gasteiger partial charge < -0.3 is 39.8 Å². The van der Waals surface area contributed by atoms with Crippen LogP contribution in [-0.4, -0.2) is 114 Å². The lowest BCUT2D eigenvalue weighted by molar-refractivity contribution is -0.151. The van der Waals surface area contributed by atoms with Crippen molar-refractivity contribution in [1.82, 2.24) is 20.9 Å². The smallest absolute Gasteiger partial charge is 0.323 e. The fourth-order valence-corrected chi connectivity index (χ4v) is 3.82. The van der Waals surface area contributed by atoms with Gasteiger partial charge >= 0.3 is 5.97 Å². The molecule has 2 amide bonds. The molecule has 196 valence electrons. The molecule has 2 fully saturated rings. The average molecular weight is 487 g/mol. The lowest BCUT2D eigenvalue weighted by Crippen LogP contribution is -2.47. The molecule has 0 aromatic rings. The van der Waals surface area contributed by atoms with Crippen molar-refractivity contribution in [2.75, 3.05) is 72.9 Å². The van der Waals surface area contributed by atoms with E-state index in [1.807, 2.05) is 20.9 Å². The maximum absolute atomic E-state index is 12.8. The van der Waals surface area contributed by atoms with Crippen LogP contribution in [0, 0.1) is 5.92 Å². The molecule has 34 heavy (non-hydrogen) atoms. The van der Waals surface area contributed by atoms with Crippen LogP contribution in [0.4, 0.5) is 0 Å². The molecule has 3 N–H and O–H groups in total. The lowest BCUT2D eigenvalue weighted by Gasteiger charge is -2.24. The van der Waals surface area contributed by atoms with Crippen molar-refractivity contribution < 1.29 is 33.3 Å². The number of likely N-dealkylation sites (tertiary alicyclic amines) is 1. The standard InChI is InChI=1S/C23H42N4O7/c1-17(2)14-26-22(29)20-13-18(34-23(30)19-5-4-6-25-19)15-27(20)21(28)16-33-12-11-32-10-9-31-8-7-24-3/h17-20,24-25H,4-16H2,1-3H3,(H,26,29). The molecule has 11 nitrogen and oxygen atoms in total. The lowest BCUT2D eigenvalue weighted by atomic mass is 10.1. The molecular formula is C23H42N4O7. The second-order valence-electron chi connectivity index (χ2n) is 9.03. The van der Waals surface area contributed by atoms with Crippen molar-refractivity contribution in [3.05, 3.63) is 0 Å². The van der Waals surface area contributed by atoms with Crippen molar-refractivity contribution >= 4 is 17.8 Å². The van der Waals surface area contributed by atoms with Gasteiger partial charge in [-0.2, -0.15) is 0 Å². The third-order valence-corrected chi connectivity index (χ3v) is 5.66. The summed E-state index contributed by atoms with van der Waals surface area (Å²) < 4.78 is 21.9. The Balaban J connectivity index is 1.76. The zero-order valence-corrected chi connectivity index (χ0v) is 20.8. The van der Waals surface area contributed by atoms with Gasteiger partial charge in [0, 0.05) is 19.5 Å². The Kier molecular flexibility index (Phi) is 13.4. The molecular weight excluding hydrogens is 444 g/mol. The Morgan fingerprint density at radius 3 is 2.41 bits per heavy atom. The highest BCUT2D eigenvalue weighted by Crippen LogP contribution is 2.22. The predicted octanol–water partition coefficient (Wildman–Crippen LogP) is -0.707. The molecule has 2 saturated heterocycles. The van der Waals surface area contributed by atoms with Gasteiger partial charge in [0.15, 0.2) is 0 Å². The van der Waals surface area contributed by atoms with Crippen molar-refractivity contribution in [3.8, 4) is 0 Å². The normalized spacial score (nSPS) is 22.4. The summed E-state index contributed by atoms with van der Waals surface area (Å²) >= 11 is 0. The molecule has 11 heteroatoms. The third kappa shape index (κ3) is 10.2. The summed E-state index contributed by atoms with van der Waals surface area (Å²) in [4.78, 5) is 39.4. The summed E-state index contributed by atoms with van der Waals surface area (Å²) in [6.07, 6.45) is 1.44. The summed E-state index contributed by atoms with van der Waals surface area (Å²) in [5, 5.41) is 8.99. The molecule has 0 aromatic heterocycles. The van der Waals surface area contributed by atoms with Crippen LogP contribution in [0.5, 0.6) is 0 Å². The van der Waals surface area contributed by atoms with Crippen LogP contribution in [0.15, 0.2) is 0 Å². The molecule has 2 aliphatic rings. The Morgan fingerprint density at radius 2 is 1.76 bits per heavy atom. The number of carbonyl (C=O) groups excluding carboxylic acids is 3. The van der Waals surface area contributed by atoms with Gasteiger partial charge in [0.2, 0.25) is 11.8 Å². The predicted molar refractivity (Wildman–Crippen MR) is 125 cm³/mol. The highest BCUT2D eigenvalue weighted by atomic mass is 16.6. The van der Waals surface area contributed by atoms with E-state index in [2.05, 4.69) is 16.0 Å². The largest absolute Gasteiger partial charge is 0.459 e. The highest BCUT2D eigenvalue weighted by Gasteiger charge is 2.42. The molecule has 0 radical (unpaired) electrons. The summed E-state index contributed by atoms with van der Waals surface area (Å²) in [7, 11) is 1.86. The molecule has 2 heterocycles. The minimum atomic E-state index is -0.685. The molecule has 3 unspecified atom stereocenters. The number of hydrogen-bond donors (Lipinski definition) is 3. The van der Waals surface area contributed by atoms with Crippen LogP contribution in [0.2, 0.25) is 0 Å². The van der Waals surface area contributed by atoms with Gasteiger partial charge in [-0.3, -0.25) is 14.4 Å². The number of esters is 1. The molecule has 0 spiro atoms. The van der Waals surface area contributed by atoms with Crippen molar-refractivity contribution in [3.63, 3.8) is 0 Å². The molecule has 0 bridgehead atoms. The van der Waals surface area contributed by atoms with Crippen LogP contribution in [0.1, 0.15) is 33.1 Å². The van der Waals surface area contributed by atoms with E-state index in [0.29, 0.717) is 33.0 Å². The quantitative estimate of drug-likeness (QED) is 0.192. The van der Waals surface area contributed by atoms with Gasteiger partial charge in [0.25, 0.3) is 0 Å². The zero-order chi connectivity index (χ0) is 24.8. The number of hydrogen-bond acceptors (Lipinski definition) is 9. The van der Waals surface area contributed by atoms with Crippen LogP contribution >= 0.6 is 0 Å². The third-order valence-electron chi connectivity index (χ3n) is 5.66. The van der Waals surface area contributed by atoms with Crippen LogP contribution in [0.3, 0.4) is 0 Å². The van der Waals surface area contributed by atoms with E-state index in [1.165, 1.54) is 4.90 Å².